The molecule has 0 saturated heterocycles. The lowest BCUT2D eigenvalue weighted by Crippen LogP contribution is -1.98. The maximum Gasteiger partial charge on any atom is 0.0670 e. The van der Waals surface area contributed by atoms with E-state index in [0.717, 1.165) is 15.1 Å². The minimum atomic E-state index is 0.0913. The van der Waals surface area contributed by atoms with Crippen LogP contribution < -0.4 is 0 Å². The van der Waals surface area contributed by atoms with Crippen molar-refractivity contribution in [3.63, 3.8) is 0 Å². The van der Waals surface area contributed by atoms with Crippen molar-refractivity contribution in [3.05, 3.63) is 67.6 Å². The van der Waals surface area contributed by atoms with Crippen molar-refractivity contribution in [1.29, 1.82) is 0 Å². The zero-order valence-electron chi connectivity index (χ0n) is 11.1. The average Bonchev–Trinajstić information content (AvgIpc) is 2.36. The zero-order valence-corrected chi connectivity index (χ0v) is 15.0. The summed E-state index contributed by atoms with van der Waals surface area (Å²) < 4.78 is 1.13. The van der Waals surface area contributed by atoms with E-state index in [9.17, 15) is 0 Å². The van der Waals surface area contributed by atoms with Gasteiger partial charge < -0.3 is 0 Å². The lowest BCUT2D eigenvalue weighted by atomic mass is 9.99. The van der Waals surface area contributed by atoms with Gasteiger partial charge in [0.15, 0.2) is 0 Å². The van der Waals surface area contributed by atoms with E-state index in [1.54, 1.807) is 0 Å². The van der Waals surface area contributed by atoms with Crippen LogP contribution in [0.25, 0.3) is 0 Å². The molecule has 0 radical (unpaired) electrons. The van der Waals surface area contributed by atoms with Crippen LogP contribution in [0.5, 0.6) is 0 Å². The van der Waals surface area contributed by atoms with Gasteiger partial charge in [-0.3, -0.25) is 0 Å². The normalized spacial score (nSPS) is 12.5. The molecule has 19 heavy (non-hydrogen) atoms. The molecular weight excluding hydrogens is 387 g/mol. The van der Waals surface area contributed by atoms with Crippen LogP contribution in [0.3, 0.4) is 0 Å². The van der Waals surface area contributed by atoms with Gasteiger partial charge in [-0.05, 0) is 54.7 Å². The van der Waals surface area contributed by atoms with Gasteiger partial charge in [-0.15, -0.1) is 0 Å². The van der Waals surface area contributed by atoms with Gasteiger partial charge in [-0.25, -0.2) is 0 Å². The summed E-state index contributed by atoms with van der Waals surface area (Å²) in [6.45, 7) is 6.28. The molecule has 1 unspecified atom stereocenters. The Hall–Kier alpha value is -0.310. The van der Waals surface area contributed by atoms with E-state index >= 15 is 0 Å². The fourth-order valence-electron chi connectivity index (χ4n) is 2.03. The summed E-state index contributed by atoms with van der Waals surface area (Å²) in [6.07, 6.45) is 0. The number of aryl methyl sites for hydroxylation is 3. The Morgan fingerprint density at radius 1 is 0.947 bits per heavy atom. The van der Waals surface area contributed by atoms with Crippen LogP contribution in [0.1, 0.15) is 32.6 Å². The molecule has 0 bridgehead atoms. The van der Waals surface area contributed by atoms with E-state index in [0.29, 0.717) is 0 Å². The summed E-state index contributed by atoms with van der Waals surface area (Å²) in [7, 11) is 0. The molecular formula is C16H15Br2Cl. The second-order valence-corrected chi connectivity index (χ2v) is 6.91. The molecule has 2 aromatic rings. The summed E-state index contributed by atoms with van der Waals surface area (Å²) in [6, 6.07) is 10.5. The number of rotatable bonds is 2. The predicted octanol–water partition coefficient (Wildman–Crippen LogP) is 6.51. The molecule has 0 spiro atoms. The van der Waals surface area contributed by atoms with Crippen molar-refractivity contribution in [2.75, 3.05) is 0 Å². The summed E-state index contributed by atoms with van der Waals surface area (Å²) in [5, 5.41) is 0.804. The van der Waals surface area contributed by atoms with Gasteiger partial charge in [0, 0.05) is 9.50 Å². The Kier molecular flexibility index (Phi) is 4.75. The third-order valence-electron chi connectivity index (χ3n) is 3.38. The molecule has 2 rings (SSSR count). The van der Waals surface area contributed by atoms with Gasteiger partial charge in [-0.2, -0.15) is 0 Å². The largest absolute Gasteiger partial charge is 0.0840 e. The number of hydrogen-bond donors (Lipinski definition) is 0. The van der Waals surface area contributed by atoms with Crippen molar-refractivity contribution >= 4 is 43.5 Å². The zero-order chi connectivity index (χ0) is 14.2. The molecule has 0 N–H and O–H groups in total. The minimum Gasteiger partial charge on any atom is -0.0840 e. The fourth-order valence-corrected chi connectivity index (χ4v) is 4.05. The van der Waals surface area contributed by atoms with Crippen LogP contribution >= 0.6 is 43.5 Å². The molecule has 100 valence electrons. The Labute approximate surface area is 136 Å². The van der Waals surface area contributed by atoms with Gasteiger partial charge in [0.1, 0.15) is 0 Å². The lowest BCUT2D eigenvalue weighted by molar-refractivity contribution is 1.13. The van der Waals surface area contributed by atoms with Gasteiger partial charge in [-0.1, -0.05) is 67.7 Å². The van der Waals surface area contributed by atoms with Crippen molar-refractivity contribution < 1.29 is 0 Å². The summed E-state index contributed by atoms with van der Waals surface area (Å²) in [5.74, 6) is 0. The molecule has 3 heteroatoms. The standard InChI is InChI=1S/C16H15Br2Cl/c1-9-5-4-6-12(15(9)17)16(18)13-7-10(2)11(3)8-14(13)19/h4-8,16H,1-3H3. The highest BCUT2D eigenvalue weighted by Crippen LogP contribution is 2.40. The first-order chi connectivity index (χ1) is 8.91. The van der Waals surface area contributed by atoms with Crippen molar-refractivity contribution in [1.82, 2.24) is 0 Å². The predicted molar refractivity (Wildman–Crippen MR) is 90.6 cm³/mol. The molecule has 0 aliphatic rings. The maximum absolute atomic E-state index is 6.39. The van der Waals surface area contributed by atoms with Gasteiger partial charge in [0.2, 0.25) is 0 Å². The third kappa shape index (κ3) is 3.07. The van der Waals surface area contributed by atoms with Gasteiger partial charge >= 0.3 is 0 Å². The van der Waals surface area contributed by atoms with E-state index in [-0.39, 0.29) is 4.83 Å². The first-order valence-electron chi connectivity index (χ1n) is 6.07. The highest BCUT2D eigenvalue weighted by Gasteiger charge is 2.18. The van der Waals surface area contributed by atoms with E-state index in [4.69, 9.17) is 11.6 Å². The molecule has 0 amide bonds. The van der Waals surface area contributed by atoms with Crippen LogP contribution in [0.2, 0.25) is 5.02 Å². The van der Waals surface area contributed by atoms with E-state index in [1.165, 1.54) is 22.3 Å². The summed E-state index contributed by atoms with van der Waals surface area (Å²) in [4.78, 5) is 0.0913. The van der Waals surface area contributed by atoms with E-state index in [2.05, 4.69) is 76.9 Å². The fraction of sp³-hybridized carbons (Fsp3) is 0.250. The molecule has 0 saturated carbocycles. The van der Waals surface area contributed by atoms with Crippen LogP contribution in [0.4, 0.5) is 0 Å². The Bertz CT molecular complexity index is 620. The molecule has 0 heterocycles. The van der Waals surface area contributed by atoms with E-state index < -0.39 is 0 Å². The minimum absolute atomic E-state index is 0.0913. The van der Waals surface area contributed by atoms with Crippen molar-refractivity contribution in [3.8, 4) is 0 Å². The number of hydrogen-bond acceptors (Lipinski definition) is 0. The molecule has 1 atom stereocenters. The lowest BCUT2D eigenvalue weighted by Gasteiger charge is -2.17. The molecule has 0 nitrogen and oxygen atoms in total. The monoisotopic (exact) mass is 400 g/mol. The van der Waals surface area contributed by atoms with Crippen LogP contribution in [0.15, 0.2) is 34.8 Å². The number of benzene rings is 2. The highest BCUT2D eigenvalue weighted by molar-refractivity contribution is 9.11. The third-order valence-corrected chi connectivity index (χ3v) is 5.78. The first-order valence-corrected chi connectivity index (χ1v) is 8.16. The molecule has 0 aromatic heterocycles. The summed E-state index contributed by atoms with van der Waals surface area (Å²) in [5.41, 5.74) is 6.01. The smallest absolute Gasteiger partial charge is 0.0670 e. The van der Waals surface area contributed by atoms with Crippen molar-refractivity contribution in [2.45, 2.75) is 25.6 Å². The molecule has 2 aromatic carbocycles. The number of halogens is 3. The van der Waals surface area contributed by atoms with Crippen LogP contribution in [-0.4, -0.2) is 0 Å². The average molecular weight is 403 g/mol. The second kappa shape index (κ2) is 5.99. The van der Waals surface area contributed by atoms with Crippen molar-refractivity contribution in [2.24, 2.45) is 0 Å². The second-order valence-electron chi connectivity index (χ2n) is 4.80. The quantitative estimate of drug-likeness (QED) is 0.502. The molecule has 0 aliphatic carbocycles. The van der Waals surface area contributed by atoms with Gasteiger partial charge in [0.25, 0.3) is 0 Å². The summed E-state index contributed by atoms with van der Waals surface area (Å²) >= 11 is 13.8. The van der Waals surface area contributed by atoms with Crippen LogP contribution in [0, 0.1) is 20.8 Å². The van der Waals surface area contributed by atoms with Gasteiger partial charge in [0.05, 0.1) is 4.83 Å². The molecule has 0 aliphatic heterocycles. The Morgan fingerprint density at radius 3 is 2.26 bits per heavy atom. The molecule has 0 fully saturated rings. The maximum atomic E-state index is 6.39. The Morgan fingerprint density at radius 2 is 1.58 bits per heavy atom. The highest BCUT2D eigenvalue weighted by atomic mass is 79.9. The number of alkyl halides is 1. The first kappa shape index (κ1) is 15.1. The Balaban J connectivity index is 2.53. The van der Waals surface area contributed by atoms with Crippen LogP contribution in [-0.2, 0) is 0 Å². The SMILES string of the molecule is Cc1cc(Cl)c(C(Br)c2cccc(C)c2Br)cc1C. The van der Waals surface area contributed by atoms with E-state index in [1.807, 2.05) is 6.07 Å². The topological polar surface area (TPSA) is 0 Å².